The summed E-state index contributed by atoms with van der Waals surface area (Å²) in [6, 6.07) is 1.90. The van der Waals surface area contributed by atoms with Gasteiger partial charge in [0.05, 0.1) is 0 Å². The van der Waals surface area contributed by atoms with Crippen molar-refractivity contribution in [2.75, 3.05) is 0 Å². The first-order chi connectivity index (χ1) is 5.22. The van der Waals surface area contributed by atoms with Gasteiger partial charge in [-0.1, -0.05) is 6.08 Å². The fourth-order valence-corrected chi connectivity index (χ4v) is 1.09. The van der Waals surface area contributed by atoms with Crippen molar-refractivity contribution in [2.24, 2.45) is 0 Å². The standard InChI is InChI=1S/C8H9ClN2/c1-3-4-7-5-6(2)10-8(9)11-7/h3,5H,1,4H2,2H3. The summed E-state index contributed by atoms with van der Waals surface area (Å²) in [5, 5.41) is 0.307. The molecule has 1 aromatic heterocycles. The van der Waals surface area contributed by atoms with Crippen LogP contribution in [0.25, 0.3) is 0 Å². The second kappa shape index (κ2) is 3.49. The van der Waals surface area contributed by atoms with Gasteiger partial charge in [0.2, 0.25) is 5.28 Å². The summed E-state index contributed by atoms with van der Waals surface area (Å²) in [4.78, 5) is 7.94. The van der Waals surface area contributed by atoms with E-state index in [1.807, 2.05) is 13.0 Å². The van der Waals surface area contributed by atoms with E-state index in [-0.39, 0.29) is 0 Å². The lowest BCUT2D eigenvalue weighted by Crippen LogP contribution is -1.92. The maximum absolute atomic E-state index is 5.63. The van der Waals surface area contributed by atoms with Crippen LogP contribution in [-0.4, -0.2) is 9.97 Å². The molecule has 0 aliphatic carbocycles. The Morgan fingerprint density at radius 2 is 2.36 bits per heavy atom. The fraction of sp³-hybridized carbons (Fsp3) is 0.250. The largest absolute Gasteiger partial charge is 0.223 e. The molecule has 0 aliphatic heterocycles. The van der Waals surface area contributed by atoms with Crippen molar-refractivity contribution in [2.45, 2.75) is 13.3 Å². The molecule has 58 valence electrons. The molecule has 2 nitrogen and oxygen atoms in total. The minimum Gasteiger partial charge on any atom is -0.223 e. The first-order valence-corrected chi connectivity index (χ1v) is 3.71. The summed E-state index contributed by atoms with van der Waals surface area (Å²) in [6.45, 7) is 5.50. The van der Waals surface area contributed by atoms with Gasteiger partial charge in [0.1, 0.15) is 0 Å². The Labute approximate surface area is 70.9 Å². The van der Waals surface area contributed by atoms with Crippen molar-refractivity contribution < 1.29 is 0 Å². The summed E-state index contributed by atoms with van der Waals surface area (Å²) >= 11 is 5.63. The molecule has 1 rings (SSSR count). The average Bonchev–Trinajstić information content (AvgIpc) is 1.85. The quantitative estimate of drug-likeness (QED) is 0.500. The van der Waals surface area contributed by atoms with Crippen LogP contribution in [-0.2, 0) is 6.42 Å². The maximum atomic E-state index is 5.63. The van der Waals surface area contributed by atoms with Crippen LogP contribution in [0.3, 0.4) is 0 Å². The average molecular weight is 169 g/mol. The molecule has 0 bridgehead atoms. The Bertz CT molecular complexity index is 251. The smallest absolute Gasteiger partial charge is 0.222 e. The van der Waals surface area contributed by atoms with Crippen molar-refractivity contribution in [1.82, 2.24) is 9.97 Å². The topological polar surface area (TPSA) is 25.8 Å². The third-order valence-electron chi connectivity index (χ3n) is 1.23. The molecular weight excluding hydrogens is 160 g/mol. The van der Waals surface area contributed by atoms with E-state index in [1.165, 1.54) is 0 Å². The predicted octanol–water partition coefficient (Wildman–Crippen LogP) is 2.17. The summed E-state index contributed by atoms with van der Waals surface area (Å²) in [6.07, 6.45) is 2.53. The van der Waals surface area contributed by atoms with E-state index >= 15 is 0 Å². The van der Waals surface area contributed by atoms with Gasteiger partial charge in [-0.15, -0.1) is 6.58 Å². The van der Waals surface area contributed by atoms with Crippen LogP contribution >= 0.6 is 11.6 Å². The molecule has 0 radical (unpaired) electrons. The molecule has 0 amide bonds. The zero-order valence-electron chi connectivity index (χ0n) is 6.34. The van der Waals surface area contributed by atoms with Gasteiger partial charge < -0.3 is 0 Å². The molecule has 0 saturated carbocycles. The minimum absolute atomic E-state index is 0.307. The van der Waals surface area contributed by atoms with Crippen LogP contribution in [0.4, 0.5) is 0 Å². The van der Waals surface area contributed by atoms with Crippen molar-refractivity contribution in [3.8, 4) is 0 Å². The SMILES string of the molecule is C=CCc1cc(C)nc(Cl)n1. The van der Waals surface area contributed by atoms with E-state index in [0.29, 0.717) is 5.28 Å². The van der Waals surface area contributed by atoms with Crippen LogP contribution in [0.15, 0.2) is 18.7 Å². The number of halogens is 1. The number of nitrogens with zero attached hydrogens (tertiary/aromatic N) is 2. The summed E-state index contributed by atoms with van der Waals surface area (Å²) in [5.41, 5.74) is 1.80. The monoisotopic (exact) mass is 168 g/mol. The van der Waals surface area contributed by atoms with Gasteiger partial charge in [-0.25, -0.2) is 9.97 Å². The number of rotatable bonds is 2. The van der Waals surface area contributed by atoms with Gasteiger partial charge >= 0.3 is 0 Å². The highest BCUT2D eigenvalue weighted by Crippen LogP contribution is 2.05. The minimum atomic E-state index is 0.307. The molecule has 0 aromatic carbocycles. The third-order valence-corrected chi connectivity index (χ3v) is 1.40. The van der Waals surface area contributed by atoms with Crippen molar-refractivity contribution >= 4 is 11.6 Å². The Morgan fingerprint density at radius 3 is 2.91 bits per heavy atom. The van der Waals surface area contributed by atoms with Gasteiger partial charge in [0.25, 0.3) is 0 Å². The first kappa shape index (κ1) is 8.21. The lowest BCUT2D eigenvalue weighted by atomic mass is 10.3. The molecular formula is C8H9ClN2. The van der Waals surface area contributed by atoms with E-state index in [4.69, 9.17) is 11.6 Å². The molecule has 1 aromatic rings. The van der Waals surface area contributed by atoms with Crippen molar-refractivity contribution in [3.05, 3.63) is 35.4 Å². The van der Waals surface area contributed by atoms with Crippen LogP contribution < -0.4 is 0 Å². The van der Waals surface area contributed by atoms with Gasteiger partial charge in [-0.2, -0.15) is 0 Å². The number of hydrogen-bond donors (Lipinski definition) is 0. The molecule has 0 N–H and O–H groups in total. The number of aromatic nitrogens is 2. The summed E-state index contributed by atoms with van der Waals surface area (Å²) in [7, 11) is 0. The molecule has 0 saturated heterocycles. The van der Waals surface area contributed by atoms with Crippen molar-refractivity contribution in [3.63, 3.8) is 0 Å². The lowest BCUT2D eigenvalue weighted by molar-refractivity contribution is 1.02. The molecule has 0 fully saturated rings. The Balaban J connectivity index is 2.98. The van der Waals surface area contributed by atoms with E-state index < -0.39 is 0 Å². The molecule has 1 heterocycles. The molecule has 11 heavy (non-hydrogen) atoms. The highest BCUT2D eigenvalue weighted by Gasteiger charge is 1.96. The van der Waals surface area contributed by atoms with Crippen LogP contribution in [0.1, 0.15) is 11.4 Å². The Morgan fingerprint density at radius 1 is 1.64 bits per heavy atom. The van der Waals surface area contributed by atoms with Gasteiger partial charge in [-0.3, -0.25) is 0 Å². The van der Waals surface area contributed by atoms with Crippen LogP contribution in [0, 0.1) is 6.92 Å². The summed E-state index contributed by atoms with van der Waals surface area (Å²) < 4.78 is 0. The second-order valence-electron chi connectivity index (χ2n) is 2.26. The molecule has 3 heteroatoms. The van der Waals surface area contributed by atoms with E-state index in [9.17, 15) is 0 Å². The highest BCUT2D eigenvalue weighted by atomic mass is 35.5. The molecule has 0 aliphatic rings. The normalized spacial score (nSPS) is 9.64. The number of aryl methyl sites for hydroxylation is 1. The first-order valence-electron chi connectivity index (χ1n) is 3.33. The van der Waals surface area contributed by atoms with Gasteiger partial charge in [0.15, 0.2) is 0 Å². The number of allylic oxidation sites excluding steroid dienone is 1. The Hall–Kier alpha value is -0.890. The van der Waals surface area contributed by atoms with Crippen LogP contribution in [0.2, 0.25) is 5.28 Å². The highest BCUT2D eigenvalue weighted by molar-refractivity contribution is 6.28. The van der Waals surface area contributed by atoms with E-state index in [2.05, 4.69) is 16.5 Å². The van der Waals surface area contributed by atoms with Crippen LogP contribution in [0.5, 0.6) is 0 Å². The molecule has 0 spiro atoms. The van der Waals surface area contributed by atoms with E-state index in [1.54, 1.807) is 6.08 Å². The van der Waals surface area contributed by atoms with E-state index in [0.717, 1.165) is 17.8 Å². The Kier molecular flexibility index (Phi) is 2.60. The number of hydrogen-bond acceptors (Lipinski definition) is 2. The predicted molar refractivity (Wildman–Crippen MR) is 45.7 cm³/mol. The lowest BCUT2D eigenvalue weighted by Gasteiger charge is -1.97. The maximum Gasteiger partial charge on any atom is 0.222 e. The van der Waals surface area contributed by atoms with Gasteiger partial charge in [0, 0.05) is 17.8 Å². The van der Waals surface area contributed by atoms with Gasteiger partial charge in [-0.05, 0) is 24.6 Å². The third kappa shape index (κ3) is 2.31. The second-order valence-corrected chi connectivity index (χ2v) is 2.60. The zero-order valence-corrected chi connectivity index (χ0v) is 7.10. The van der Waals surface area contributed by atoms with Crippen molar-refractivity contribution in [1.29, 1.82) is 0 Å². The molecule has 0 unspecified atom stereocenters. The fourth-order valence-electron chi connectivity index (χ4n) is 0.847. The molecule has 0 atom stereocenters. The zero-order chi connectivity index (χ0) is 8.27. The summed E-state index contributed by atoms with van der Waals surface area (Å²) in [5.74, 6) is 0.